The Morgan fingerprint density at radius 2 is 1.69 bits per heavy atom. The van der Waals surface area contributed by atoms with E-state index >= 15 is 0 Å². The Bertz CT molecular complexity index is 1600. The normalized spacial score (nSPS) is 17.5. The summed E-state index contributed by atoms with van der Waals surface area (Å²) in [5, 5.41) is 5.18. The molecule has 2 amide bonds. The summed E-state index contributed by atoms with van der Waals surface area (Å²) in [4.78, 5) is 49.4. The summed E-state index contributed by atoms with van der Waals surface area (Å²) in [6, 6.07) is 15.5. The van der Waals surface area contributed by atoms with E-state index in [1.54, 1.807) is 28.0 Å². The van der Waals surface area contributed by atoms with Gasteiger partial charge in [-0.2, -0.15) is 0 Å². The summed E-state index contributed by atoms with van der Waals surface area (Å²) >= 11 is 1.29. The van der Waals surface area contributed by atoms with Crippen LogP contribution in [0.3, 0.4) is 0 Å². The fraction of sp³-hybridized carbons (Fsp3) is 0.323. The number of carbonyl (C=O) groups is 3. The summed E-state index contributed by atoms with van der Waals surface area (Å²) in [6.07, 6.45) is 1.56. The Kier molecular flexibility index (Phi) is 7.51. The molecule has 0 bridgehead atoms. The molecule has 3 heterocycles. The highest BCUT2D eigenvalue weighted by Gasteiger charge is 2.40. The third-order valence-corrected chi connectivity index (χ3v) is 8.79. The Morgan fingerprint density at radius 1 is 1.00 bits per heavy atom. The van der Waals surface area contributed by atoms with Crippen LogP contribution in [0.4, 0.5) is 4.79 Å². The minimum absolute atomic E-state index is 0.0541. The summed E-state index contributed by atoms with van der Waals surface area (Å²) < 4.78 is 12.6. The van der Waals surface area contributed by atoms with Crippen molar-refractivity contribution >= 4 is 29.3 Å². The van der Waals surface area contributed by atoms with E-state index in [-0.39, 0.29) is 43.3 Å². The highest BCUT2D eigenvalue weighted by molar-refractivity contribution is 7.09. The predicted molar refractivity (Wildman–Crippen MR) is 156 cm³/mol. The number of imidazole rings is 1. The molecule has 1 saturated heterocycles. The number of carbonyl (C=O) groups excluding carboxylic acids is 3. The molecule has 0 radical (unpaired) electrons. The lowest BCUT2D eigenvalue weighted by molar-refractivity contribution is 0.0520. The average Bonchev–Trinajstić information content (AvgIpc) is 3.77. The molecule has 10 nitrogen and oxygen atoms in total. The number of ether oxygens (including phenoxy) is 2. The SMILES string of the molecule is CCOC(=O)c1csc([C@@H]2C[C@@H](NC(=O)OCC3c4ccccc4-c4ccccc43)CN2C(=O)c2cn(C)c(C)n2)n1. The molecule has 1 fully saturated rings. The molecule has 0 unspecified atom stereocenters. The van der Waals surface area contributed by atoms with Crippen molar-refractivity contribution in [1.29, 1.82) is 0 Å². The van der Waals surface area contributed by atoms with Gasteiger partial charge in [-0.25, -0.2) is 19.6 Å². The van der Waals surface area contributed by atoms with Crippen molar-refractivity contribution < 1.29 is 23.9 Å². The zero-order valence-corrected chi connectivity index (χ0v) is 24.4. The molecule has 2 atom stereocenters. The van der Waals surface area contributed by atoms with E-state index in [1.165, 1.54) is 11.3 Å². The zero-order valence-electron chi connectivity index (χ0n) is 23.6. The molecule has 0 spiro atoms. The van der Waals surface area contributed by atoms with Crippen LogP contribution in [-0.4, -0.2) is 63.2 Å². The molecule has 216 valence electrons. The summed E-state index contributed by atoms with van der Waals surface area (Å²) in [5.74, 6) is -0.124. The van der Waals surface area contributed by atoms with Gasteiger partial charge in [0.25, 0.3) is 5.91 Å². The number of hydrogen-bond acceptors (Lipinski definition) is 8. The van der Waals surface area contributed by atoms with Gasteiger partial charge in [-0.05, 0) is 42.5 Å². The van der Waals surface area contributed by atoms with Crippen LogP contribution < -0.4 is 5.32 Å². The number of amides is 2. The first kappa shape index (κ1) is 27.6. The van der Waals surface area contributed by atoms with E-state index in [2.05, 4.69) is 39.6 Å². The smallest absolute Gasteiger partial charge is 0.407 e. The second-order valence-electron chi connectivity index (χ2n) is 10.5. The largest absolute Gasteiger partial charge is 0.461 e. The van der Waals surface area contributed by atoms with Gasteiger partial charge in [0.15, 0.2) is 5.69 Å². The Labute approximate surface area is 247 Å². The van der Waals surface area contributed by atoms with Crippen LogP contribution in [0.15, 0.2) is 60.1 Å². The van der Waals surface area contributed by atoms with E-state index in [4.69, 9.17) is 9.47 Å². The van der Waals surface area contributed by atoms with Gasteiger partial charge in [0.2, 0.25) is 0 Å². The third kappa shape index (κ3) is 5.16. The Morgan fingerprint density at radius 3 is 2.33 bits per heavy atom. The lowest BCUT2D eigenvalue weighted by atomic mass is 9.98. The van der Waals surface area contributed by atoms with Gasteiger partial charge < -0.3 is 24.3 Å². The maximum Gasteiger partial charge on any atom is 0.407 e. The van der Waals surface area contributed by atoms with E-state index in [0.29, 0.717) is 22.9 Å². The molecule has 2 aromatic heterocycles. The number of aromatic nitrogens is 3. The molecule has 6 rings (SSSR count). The second-order valence-corrected chi connectivity index (χ2v) is 11.3. The highest BCUT2D eigenvalue weighted by atomic mass is 32.1. The van der Waals surface area contributed by atoms with Crippen LogP contribution in [-0.2, 0) is 16.5 Å². The molecule has 0 saturated carbocycles. The van der Waals surface area contributed by atoms with Gasteiger partial charge in [0.05, 0.1) is 18.7 Å². The molecule has 1 N–H and O–H groups in total. The number of thiazole rings is 1. The quantitative estimate of drug-likeness (QED) is 0.308. The number of likely N-dealkylation sites (tertiary alicyclic amines) is 1. The summed E-state index contributed by atoms with van der Waals surface area (Å²) in [7, 11) is 1.83. The monoisotopic (exact) mass is 585 g/mol. The molecule has 1 aliphatic carbocycles. The van der Waals surface area contributed by atoms with Gasteiger partial charge in [-0.3, -0.25) is 4.79 Å². The minimum Gasteiger partial charge on any atom is -0.461 e. The van der Waals surface area contributed by atoms with Crippen LogP contribution in [0.1, 0.15) is 68.2 Å². The Balaban J connectivity index is 1.17. The second kappa shape index (κ2) is 11.4. The number of esters is 1. The van der Waals surface area contributed by atoms with Gasteiger partial charge >= 0.3 is 12.1 Å². The summed E-state index contributed by atoms with van der Waals surface area (Å²) in [5.41, 5.74) is 5.09. The molecule has 4 aromatic rings. The predicted octanol–water partition coefficient (Wildman–Crippen LogP) is 4.86. The molecular weight excluding hydrogens is 554 g/mol. The van der Waals surface area contributed by atoms with E-state index in [0.717, 1.165) is 22.3 Å². The van der Waals surface area contributed by atoms with Gasteiger partial charge in [0, 0.05) is 31.1 Å². The highest BCUT2D eigenvalue weighted by Crippen LogP contribution is 2.44. The van der Waals surface area contributed by atoms with Crippen molar-refractivity contribution in [2.24, 2.45) is 7.05 Å². The standard InChI is InChI=1S/C31H31N5O5S/c1-4-40-30(38)26-17-42-28(34-26)27-13-19(14-36(27)29(37)25-15-35(3)18(2)32-25)33-31(39)41-16-24-22-11-7-5-9-20(22)21-10-6-8-12-23(21)24/h5-12,15,17,19,24,27H,4,13-14,16H2,1-3H3,(H,33,39)/t19-,27+/m1/s1. The number of alkyl carbamates (subject to hydrolysis) is 1. The number of hydrogen-bond donors (Lipinski definition) is 1. The number of aryl methyl sites for hydroxylation is 2. The van der Waals surface area contributed by atoms with Crippen LogP contribution in [0, 0.1) is 6.92 Å². The van der Waals surface area contributed by atoms with Gasteiger partial charge in [-0.1, -0.05) is 48.5 Å². The van der Waals surface area contributed by atoms with Gasteiger partial charge in [0.1, 0.15) is 23.1 Å². The number of rotatable bonds is 7. The maximum absolute atomic E-state index is 13.6. The molecule has 2 aromatic carbocycles. The Hall–Kier alpha value is -4.51. The number of nitrogens with one attached hydrogen (secondary N) is 1. The fourth-order valence-corrected chi connectivity index (χ4v) is 6.67. The number of benzene rings is 2. The third-order valence-electron chi connectivity index (χ3n) is 7.85. The van der Waals surface area contributed by atoms with E-state index in [9.17, 15) is 14.4 Å². The molecular formula is C31H31N5O5S. The molecule has 42 heavy (non-hydrogen) atoms. The van der Waals surface area contributed by atoms with Crippen molar-refractivity contribution in [3.63, 3.8) is 0 Å². The first-order valence-corrected chi connectivity index (χ1v) is 14.8. The van der Waals surface area contributed by atoms with Crippen LogP contribution in [0.5, 0.6) is 0 Å². The first-order valence-electron chi connectivity index (χ1n) is 13.9. The number of fused-ring (bicyclic) bond motifs is 3. The average molecular weight is 586 g/mol. The topological polar surface area (TPSA) is 116 Å². The summed E-state index contributed by atoms with van der Waals surface area (Å²) in [6.45, 7) is 4.24. The fourth-order valence-electron chi connectivity index (χ4n) is 5.75. The van der Waals surface area contributed by atoms with Crippen LogP contribution in [0.2, 0.25) is 0 Å². The number of nitrogens with zero attached hydrogens (tertiary/aromatic N) is 4. The van der Waals surface area contributed by atoms with Crippen molar-refractivity contribution in [2.75, 3.05) is 19.8 Å². The lowest BCUT2D eigenvalue weighted by Gasteiger charge is -2.22. The lowest BCUT2D eigenvalue weighted by Crippen LogP contribution is -2.39. The van der Waals surface area contributed by atoms with E-state index in [1.807, 2.05) is 38.2 Å². The van der Waals surface area contributed by atoms with Crippen molar-refractivity contribution in [3.8, 4) is 11.1 Å². The van der Waals surface area contributed by atoms with Crippen molar-refractivity contribution in [3.05, 3.63) is 93.5 Å². The van der Waals surface area contributed by atoms with E-state index < -0.39 is 18.1 Å². The van der Waals surface area contributed by atoms with Crippen LogP contribution in [0.25, 0.3) is 11.1 Å². The van der Waals surface area contributed by atoms with Crippen LogP contribution >= 0.6 is 11.3 Å². The molecule has 11 heteroatoms. The maximum atomic E-state index is 13.6. The molecule has 2 aliphatic rings. The minimum atomic E-state index is -0.546. The zero-order chi connectivity index (χ0) is 29.4. The first-order chi connectivity index (χ1) is 20.3. The van der Waals surface area contributed by atoms with Gasteiger partial charge in [-0.15, -0.1) is 11.3 Å². The molecule has 1 aliphatic heterocycles. The van der Waals surface area contributed by atoms with Crippen molar-refractivity contribution in [2.45, 2.75) is 38.3 Å². The van der Waals surface area contributed by atoms with Crippen molar-refractivity contribution in [1.82, 2.24) is 24.8 Å².